The summed E-state index contributed by atoms with van der Waals surface area (Å²) in [6.07, 6.45) is 0. The lowest BCUT2D eigenvalue weighted by Crippen LogP contribution is -2.27. The second kappa shape index (κ2) is 3.82. The lowest BCUT2D eigenvalue weighted by molar-refractivity contribution is -0.557. The van der Waals surface area contributed by atoms with Gasteiger partial charge in [0.1, 0.15) is 22.6 Å². The van der Waals surface area contributed by atoms with E-state index in [0.717, 1.165) is 22.6 Å². The highest BCUT2D eigenvalue weighted by atomic mass is 32.2. The molecule has 7 heteroatoms. The Labute approximate surface area is 93.9 Å². The first kappa shape index (κ1) is 11.0. The van der Waals surface area contributed by atoms with E-state index >= 15 is 0 Å². The van der Waals surface area contributed by atoms with Gasteiger partial charge in [-0.1, -0.05) is 0 Å². The predicted octanol–water partition coefficient (Wildman–Crippen LogP) is 2.04. The molecule has 0 radical (unpaired) electrons. The van der Waals surface area contributed by atoms with E-state index in [1.54, 1.807) is 0 Å². The first-order chi connectivity index (χ1) is 7.50. The SMILES string of the molecule is CC1C(=O)SN(c2cc(F)ccc2F)[N+]1=O. The molecule has 0 amide bonds. The zero-order valence-electron chi connectivity index (χ0n) is 8.18. The molecule has 0 aromatic heterocycles. The molecule has 1 aliphatic heterocycles. The van der Waals surface area contributed by atoms with Crippen LogP contribution in [0.1, 0.15) is 6.92 Å². The summed E-state index contributed by atoms with van der Waals surface area (Å²) in [7, 11) is 0. The van der Waals surface area contributed by atoms with Crippen molar-refractivity contribution < 1.29 is 18.4 Å². The van der Waals surface area contributed by atoms with Gasteiger partial charge in [-0.15, -0.1) is 0 Å². The van der Waals surface area contributed by atoms with Crippen LogP contribution in [0.15, 0.2) is 18.2 Å². The maximum atomic E-state index is 13.4. The van der Waals surface area contributed by atoms with Gasteiger partial charge in [-0.3, -0.25) is 4.79 Å². The van der Waals surface area contributed by atoms with Gasteiger partial charge in [0.15, 0.2) is 11.5 Å². The summed E-state index contributed by atoms with van der Waals surface area (Å²) in [5, 5.41) is -0.404. The van der Waals surface area contributed by atoms with Crippen LogP contribution < -0.4 is 4.41 Å². The molecule has 2 rings (SSSR count). The summed E-state index contributed by atoms with van der Waals surface area (Å²) >= 11 is 0.559. The maximum Gasteiger partial charge on any atom is 0.302 e. The fraction of sp³-hybridized carbons (Fsp3) is 0.222. The van der Waals surface area contributed by atoms with Crippen molar-refractivity contribution in [3.05, 3.63) is 34.7 Å². The van der Waals surface area contributed by atoms with Crippen molar-refractivity contribution in [1.29, 1.82) is 0 Å². The summed E-state index contributed by atoms with van der Waals surface area (Å²) in [4.78, 5) is 23.0. The predicted molar refractivity (Wildman–Crippen MR) is 54.5 cm³/mol. The molecule has 0 saturated carbocycles. The van der Waals surface area contributed by atoms with Gasteiger partial charge in [0, 0.05) is 13.0 Å². The van der Waals surface area contributed by atoms with Crippen molar-refractivity contribution in [1.82, 2.24) is 0 Å². The molecule has 4 nitrogen and oxygen atoms in total. The number of carbonyl (C=O) groups is 1. The highest BCUT2D eigenvalue weighted by Crippen LogP contribution is 2.33. The van der Waals surface area contributed by atoms with Crippen molar-refractivity contribution in [2.24, 2.45) is 0 Å². The molecule has 1 heterocycles. The minimum atomic E-state index is -0.896. The fourth-order valence-corrected chi connectivity index (χ4v) is 2.11. The van der Waals surface area contributed by atoms with E-state index < -0.39 is 22.8 Å². The Hall–Kier alpha value is -1.50. The van der Waals surface area contributed by atoms with Crippen LogP contribution in [-0.4, -0.2) is 16.0 Å². The molecule has 1 aliphatic rings. The normalized spacial score (nSPS) is 20.7. The highest BCUT2D eigenvalue weighted by Gasteiger charge is 2.47. The average molecular weight is 245 g/mol. The van der Waals surface area contributed by atoms with Crippen molar-refractivity contribution >= 4 is 22.8 Å². The van der Waals surface area contributed by atoms with Crippen LogP contribution in [0.25, 0.3) is 0 Å². The Morgan fingerprint density at radius 1 is 1.44 bits per heavy atom. The lowest BCUT2D eigenvalue weighted by Gasteiger charge is -2.06. The number of anilines is 1. The largest absolute Gasteiger partial charge is 0.302 e. The smallest absolute Gasteiger partial charge is 0.277 e. The van der Waals surface area contributed by atoms with Crippen LogP contribution in [0.5, 0.6) is 0 Å². The third kappa shape index (κ3) is 1.67. The van der Waals surface area contributed by atoms with E-state index in [0.29, 0.717) is 16.8 Å². The van der Waals surface area contributed by atoms with Gasteiger partial charge < -0.3 is 0 Å². The van der Waals surface area contributed by atoms with Crippen molar-refractivity contribution in [3.8, 4) is 0 Å². The standard InChI is InChI=1S/C9H7F2N2O2S/c1-5-9(14)16-13(12(5)15)8-4-6(10)2-3-7(8)11/h2-5H,1H3/q+1. The van der Waals surface area contributed by atoms with Gasteiger partial charge in [0.2, 0.25) is 0 Å². The lowest BCUT2D eigenvalue weighted by atomic mass is 10.3. The van der Waals surface area contributed by atoms with E-state index in [4.69, 9.17) is 0 Å². The quantitative estimate of drug-likeness (QED) is 0.560. The molecule has 16 heavy (non-hydrogen) atoms. The molecule has 0 bridgehead atoms. The number of benzene rings is 1. The molecule has 1 aromatic rings. The molecular formula is C9H7F2N2O2S+. The van der Waals surface area contributed by atoms with Crippen molar-refractivity contribution in [2.45, 2.75) is 13.0 Å². The van der Waals surface area contributed by atoms with Crippen molar-refractivity contribution in [2.75, 3.05) is 4.41 Å². The molecule has 1 saturated heterocycles. The number of hydrogen-bond donors (Lipinski definition) is 0. The van der Waals surface area contributed by atoms with Gasteiger partial charge >= 0.3 is 6.04 Å². The van der Waals surface area contributed by atoms with Gasteiger partial charge in [0.05, 0.1) is 4.91 Å². The van der Waals surface area contributed by atoms with Crippen LogP contribution in [0.2, 0.25) is 0 Å². The zero-order valence-corrected chi connectivity index (χ0v) is 9.00. The Kier molecular flexibility index (Phi) is 2.63. The topological polar surface area (TPSA) is 40.4 Å². The minimum absolute atomic E-state index is 0.252. The summed E-state index contributed by atoms with van der Waals surface area (Å²) in [5.41, 5.74) is -0.252. The number of carbonyl (C=O) groups excluding carboxylic acids is 1. The van der Waals surface area contributed by atoms with Gasteiger partial charge in [-0.05, 0) is 16.5 Å². The van der Waals surface area contributed by atoms with E-state index in [9.17, 15) is 18.5 Å². The Bertz CT molecular complexity index is 481. The summed E-state index contributed by atoms with van der Waals surface area (Å²) in [6.45, 7) is 1.40. The second-order valence-corrected chi connectivity index (χ2v) is 4.19. The average Bonchev–Trinajstić information content (AvgIpc) is 2.50. The number of nitroso groups, excluding NO2 is 1. The third-order valence-electron chi connectivity index (χ3n) is 2.14. The maximum absolute atomic E-state index is 13.4. The van der Waals surface area contributed by atoms with E-state index in [1.165, 1.54) is 6.92 Å². The number of hydrogen-bond acceptors (Lipinski definition) is 3. The Morgan fingerprint density at radius 3 is 2.69 bits per heavy atom. The molecule has 0 aliphatic carbocycles. The van der Waals surface area contributed by atoms with Gasteiger partial charge in [-0.2, -0.15) is 0 Å². The van der Waals surface area contributed by atoms with Gasteiger partial charge in [0.25, 0.3) is 5.12 Å². The summed E-state index contributed by atoms with van der Waals surface area (Å²) in [6, 6.07) is 1.83. The molecular weight excluding hydrogens is 238 g/mol. The zero-order chi connectivity index (χ0) is 11.9. The number of rotatable bonds is 1. The monoisotopic (exact) mass is 245 g/mol. The van der Waals surface area contributed by atoms with Crippen LogP contribution >= 0.6 is 11.9 Å². The minimum Gasteiger partial charge on any atom is -0.277 e. The summed E-state index contributed by atoms with van der Waals surface area (Å²) in [5.74, 6) is -1.42. The van der Waals surface area contributed by atoms with Crippen LogP contribution in [0, 0.1) is 16.5 Å². The van der Waals surface area contributed by atoms with E-state index in [1.807, 2.05) is 0 Å². The molecule has 0 N–H and O–H groups in total. The summed E-state index contributed by atoms with van der Waals surface area (Å²) < 4.78 is 27.1. The van der Waals surface area contributed by atoms with Crippen LogP contribution in [0.3, 0.4) is 0 Å². The molecule has 84 valence electrons. The first-order valence-corrected chi connectivity index (χ1v) is 5.21. The number of nitrogens with zero attached hydrogens (tertiary/aromatic N) is 2. The third-order valence-corrected chi connectivity index (χ3v) is 3.19. The van der Waals surface area contributed by atoms with E-state index in [2.05, 4.69) is 0 Å². The highest BCUT2D eigenvalue weighted by molar-refractivity contribution is 8.15. The Morgan fingerprint density at radius 2 is 2.12 bits per heavy atom. The second-order valence-electron chi connectivity index (χ2n) is 3.26. The molecule has 1 fully saturated rings. The van der Waals surface area contributed by atoms with E-state index in [-0.39, 0.29) is 5.69 Å². The Balaban J connectivity index is 2.42. The number of halogens is 2. The first-order valence-electron chi connectivity index (χ1n) is 4.44. The van der Waals surface area contributed by atoms with Crippen LogP contribution in [-0.2, 0) is 4.79 Å². The molecule has 1 aromatic carbocycles. The van der Waals surface area contributed by atoms with Crippen molar-refractivity contribution in [3.63, 3.8) is 0 Å². The van der Waals surface area contributed by atoms with Gasteiger partial charge in [-0.25, -0.2) is 8.78 Å². The molecule has 1 atom stereocenters. The number of hydrazine groups is 1. The molecule has 1 unspecified atom stereocenters. The fourth-order valence-electron chi connectivity index (χ4n) is 1.24. The molecule has 0 spiro atoms. The van der Waals surface area contributed by atoms with Crippen LogP contribution in [0.4, 0.5) is 14.5 Å².